The summed E-state index contributed by atoms with van der Waals surface area (Å²) < 4.78 is 0.327. The van der Waals surface area contributed by atoms with Gasteiger partial charge in [-0.3, -0.25) is 4.79 Å². The first kappa shape index (κ1) is 6.48. The van der Waals surface area contributed by atoms with Crippen LogP contribution in [0, 0.1) is 6.92 Å². The SMILES string of the molecule is Cc1cnc(Br)c(=O)[nH]1. The molecule has 0 radical (unpaired) electrons. The maximum Gasteiger partial charge on any atom is 0.281 e. The second-order valence-electron chi connectivity index (χ2n) is 1.69. The van der Waals surface area contributed by atoms with Gasteiger partial charge in [0.05, 0.1) is 0 Å². The van der Waals surface area contributed by atoms with Crippen LogP contribution in [0.4, 0.5) is 0 Å². The van der Waals surface area contributed by atoms with Crippen molar-refractivity contribution >= 4 is 15.9 Å². The van der Waals surface area contributed by atoms with Gasteiger partial charge in [0.25, 0.3) is 5.56 Å². The number of aryl methyl sites for hydroxylation is 1. The Balaban J connectivity index is 3.34. The number of hydrogen-bond donors (Lipinski definition) is 1. The minimum Gasteiger partial charge on any atom is -0.323 e. The second kappa shape index (κ2) is 2.31. The molecule has 1 N–H and O–H groups in total. The van der Waals surface area contributed by atoms with Crippen molar-refractivity contribution in [3.8, 4) is 0 Å². The highest BCUT2D eigenvalue weighted by Crippen LogP contribution is 1.94. The first-order valence-corrected chi connectivity index (χ1v) is 3.21. The summed E-state index contributed by atoms with van der Waals surface area (Å²) in [6, 6.07) is 0. The van der Waals surface area contributed by atoms with Crippen LogP contribution in [-0.4, -0.2) is 9.97 Å². The van der Waals surface area contributed by atoms with Crippen LogP contribution in [0.25, 0.3) is 0 Å². The van der Waals surface area contributed by atoms with Crippen molar-refractivity contribution < 1.29 is 0 Å². The Morgan fingerprint density at radius 1 is 1.78 bits per heavy atom. The summed E-state index contributed by atoms with van der Waals surface area (Å²) in [6.45, 7) is 1.78. The predicted molar refractivity (Wildman–Crippen MR) is 37.3 cm³/mol. The maximum atomic E-state index is 10.7. The molecule has 0 aliphatic rings. The number of aromatic nitrogens is 2. The lowest BCUT2D eigenvalue weighted by atomic mass is 10.5. The Morgan fingerprint density at radius 2 is 2.44 bits per heavy atom. The summed E-state index contributed by atoms with van der Waals surface area (Å²) >= 11 is 2.97. The van der Waals surface area contributed by atoms with Crippen LogP contribution in [0.5, 0.6) is 0 Å². The van der Waals surface area contributed by atoms with Crippen molar-refractivity contribution in [3.05, 3.63) is 26.8 Å². The highest BCUT2D eigenvalue weighted by atomic mass is 79.9. The van der Waals surface area contributed by atoms with E-state index in [2.05, 4.69) is 25.9 Å². The molecule has 1 heterocycles. The normalized spacial score (nSPS) is 9.56. The van der Waals surface area contributed by atoms with Gasteiger partial charge in [-0.25, -0.2) is 4.98 Å². The molecule has 0 atom stereocenters. The lowest BCUT2D eigenvalue weighted by molar-refractivity contribution is 1.04. The molecule has 3 nitrogen and oxygen atoms in total. The van der Waals surface area contributed by atoms with E-state index in [1.54, 1.807) is 13.1 Å². The smallest absolute Gasteiger partial charge is 0.281 e. The molecule has 0 unspecified atom stereocenters. The molecule has 9 heavy (non-hydrogen) atoms. The highest BCUT2D eigenvalue weighted by Gasteiger charge is 1.92. The molecule has 0 fully saturated rings. The fourth-order valence-electron chi connectivity index (χ4n) is 0.475. The van der Waals surface area contributed by atoms with Gasteiger partial charge in [-0.2, -0.15) is 0 Å². The van der Waals surface area contributed by atoms with E-state index in [9.17, 15) is 4.79 Å². The third-order valence-electron chi connectivity index (χ3n) is 0.870. The number of H-pyrrole nitrogens is 1. The third-order valence-corrected chi connectivity index (χ3v) is 1.43. The summed E-state index contributed by atoms with van der Waals surface area (Å²) in [7, 11) is 0. The van der Waals surface area contributed by atoms with Gasteiger partial charge in [-0.15, -0.1) is 0 Å². The van der Waals surface area contributed by atoms with Crippen molar-refractivity contribution in [1.29, 1.82) is 0 Å². The Labute approximate surface area is 60.3 Å². The Hall–Kier alpha value is -0.640. The van der Waals surface area contributed by atoms with E-state index in [4.69, 9.17) is 0 Å². The summed E-state index contributed by atoms with van der Waals surface area (Å²) in [5.41, 5.74) is 0.582. The van der Waals surface area contributed by atoms with E-state index < -0.39 is 0 Å². The van der Waals surface area contributed by atoms with E-state index in [-0.39, 0.29) is 5.56 Å². The average molecular weight is 189 g/mol. The van der Waals surface area contributed by atoms with Crippen LogP contribution in [0.3, 0.4) is 0 Å². The first-order chi connectivity index (χ1) is 4.20. The molecular formula is C5H5BrN2O. The molecule has 0 saturated heterocycles. The van der Waals surface area contributed by atoms with Crippen molar-refractivity contribution in [2.24, 2.45) is 0 Å². The van der Waals surface area contributed by atoms with Crippen LogP contribution < -0.4 is 5.56 Å². The minimum atomic E-state index is -0.185. The van der Waals surface area contributed by atoms with E-state index >= 15 is 0 Å². The van der Waals surface area contributed by atoms with Gasteiger partial charge in [-0.05, 0) is 22.9 Å². The number of hydrogen-bond acceptors (Lipinski definition) is 2. The number of halogens is 1. The molecule has 0 bridgehead atoms. The quantitative estimate of drug-likeness (QED) is 0.657. The van der Waals surface area contributed by atoms with E-state index in [1.807, 2.05) is 0 Å². The van der Waals surface area contributed by atoms with Gasteiger partial charge in [0, 0.05) is 11.9 Å². The van der Waals surface area contributed by atoms with E-state index in [0.717, 1.165) is 5.69 Å². The highest BCUT2D eigenvalue weighted by molar-refractivity contribution is 9.10. The van der Waals surface area contributed by atoms with Gasteiger partial charge in [-0.1, -0.05) is 0 Å². The number of aromatic amines is 1. The summed E-state index contributed by atoms with van der Waals surface area (Å²) in [6.07, 6.45) is 1.59. The topological polar surface area (TPSA) is 45.8 Å². The van der Waals surface area contributed by atoms with Gasteiger partial charge in [0.15, 0.2) is 4.60 Å². The summed E-state index contributed by atoms with van der Waals surface area (Å²) in [5.74, 6) is 0. The van der Waals surface area contributed by atoms with Crippen LogP contribution in [-0.2, 0) is 0 Å². The molecule has 1 rings (SSSR count). The third kappa shape index (κ3) is 1.38. The van der Waals surface area contributed by atoms with Crippen LogP contribution in [0.1, 0.15) is 5.69 Å². The lowest BCUT2D eigenvalue weighted by Gasteiger charge is -1.88. The molecule has 0 amide bonds. The maximum absolute atomic E-state index is 10.7. The Kier molecular flexibility index (Phi) is 1.66. The molecule has 0 spiro atoms. The number of rotatable bonds is 0. The van der Waals surface area contributed by atoms with E-state index in [1.165, 1.54) is 0 Å². The Bertz CT molecular complexity index is 268. The van der Waals surface area contributed by atoms with Crippen LogP contribution in [0.15, 0.2) is 15.6 Å². The largest absolute Gasteiger partial charge is 0.323 e. The van der Waals surface area contributed by atoms with Gasteiger partial charge >= 0.3 is 0 Å². The fourth-order valence-corrected chi connectivity index (χ4v) is 0.677. The molecule has 0 saturated carbocycles. The molecule has 0 aliphatic heterocycles. The van der Waals surface area contributed by atoms with Gasteiger partial charge < -0.3 is 4.98 Å². The van der Waals surface area contributed by atoms with Crippen molar-refractivity contribution in [2.75, 3.05) is 0 Å². The number of nitrogens with zero attached hydrogens (tertiary/aromatic N) is 1. The molecule has 48 valence electrons. The lowest BCUT2D eigenvalue weighted by Crippen LogP contribution is -2.08. The molecular weight excluding hydrogens is 184 g/mol. The molecule has 1 aromatic heterocycles. The van der Waals surface area contributed by atoms with Crippen molar-refractivity contribution in [1.82, 2.24) is 9.97 Å². The Morgan fingerprint density at radius 3 is 2.89 bits per heavy atom. The van der Waals surface area contributed by atoms with Crippen LogP contribution >= 0.6 is 15.9 Å². The zero-order valence-electron chi connectivity index (χ0n) is 4.81. The van der Waals surface area contributed by atoms with Crippen molar-refractivity contribution in [3.63, 3.8) is 0 Å². The zero-order chi connectivity index (χ0) is 6.85. The van der Waals surface area contributed by atoms with Gasteiger partial charge in [0.2, 0.25) is 0 Å². The standard InChI is InChI=1S/C5H5BrN2O/c1-3-2-7-4(6)5(9)8-3/h2H,1H3,(H,8,9). The minimum absolute atomic E-state index is 0.185. The second-order valence-corrected chi connectivity index (χ2v) is 2.44. The van der Waals surface area contributed by atoms with Gasteiger partial charge in [0.1, 0.15) is 0 Å². The fraction of sp³-hybridized carbons (Fsp3) is 0.200. The first-order valence-electron chi connectivity index (χ1n) is 2.41. The summed E-state index contributed by atoms with van der Waals surface area (Å²) in [4.78, 5) is 17.0. The monoisotopic (exact) mass is 188 g/mol. The van der Waals surface area contributed by atoms with Crippen molar-refractivity contribution in [2.45, 2.75) is 6.92 Å². The zero-order valence-corrected chi connectivity index (χ0v) is 6.40. The average Bonchev–Trinajstić information content (AvgIpc) is 1.80. The number of nitrogens with one attached hydrogen (secondary N) is 1. The predicted octanol–water partition coefficient (Wildman–Crippen LogP) is 0.841. The molecule has 0 aromatic carbocycles. The summed E-state index contributed by atoms with van der Waals surface area (Å²) in [5, 5.41) is 0. The van der Waals surface area contributed by atoms with Crippen LogP contribution in [0.2, 0.25) is 0 Å². The molecule has 1 aromatic rings. The van der Waals surface area contributed by atoms with E-state index in [0.29, 0.717) is 4.60 Å². The molecule has 4 heteroatoms. The molecule has 0 aliphatic carbocycles.